The van der Waals surface area contributed by atoms with Crippen LogP contribution in [0.25, 0.3) is 0 Å². The van der Waals surface area contributed by atoms with Crippen molar-refractivity contribution in [3.63, 3.8) is 0 Å². The molecule has 134 valence electrons. The van der Waals surface area contributed by atoms with Crippen LogP contribution >= 0.6 is 0 Å². The van der Waals surface area contributed by atoms with Crippen molar-refractivity contribution in [3.8, 4) is 0 Å². The maximum absolute atomic E-state index is 12.7. The van der Waals surface area contributed by atoms with E-state index in [2.05, 4.69) is 27.6 Å². The summed E-state index contributed by atoms with van der Waals surface area (Å²) in [6.07, 6.45) is 2.69. The number of hydrogen-bond acceptors (Lipinski definition) is 4. The van der Waals surface area contributed by atoms with Crippen LogP contribution in [-0.2, 0) is 24.2 Å². The minimum absolute atomic E-state index is 0.0137. The fourth-order valence-corrected chi connectivity index (χ4v) is 3.22. The van der Waals surface area contributed by atoms with E-state index in [1.54, 1.807) is 0 Å². The molecule has 0 aliphatic carbocycles. The first-order valence-corrected chi connectivity index (χ1v) is 9.10. The number of benzene rings is 1. The molecule has 1 amide bonds. The number of aryl methyl sites for hydroxylation is 2. The molecule has 0 radical (unpaired) electrons. The smallest absolute Gasteiger partial charge is 0.241 e. The zero-order valence-corrected chi connectivity index (χ0v) is 15.2. The molecule has 2 aromatic rings. The zero-order chi connectivity index (χ0) is 17.8. The average molecular weight is 341 g/mol. The second kappa shape index (κ2) is 7.78. The van der Waals surface area contributed by atoms with Crippen LogP contribution in [0.2, 0.25) is 0 Å². The van der Waals surface area contributed by atoms with Crippen LogP contribution in [0.15, 0.2) is 30.3 Å². The zero-order valence-electron chi connectivity index (χ0n) is 15.2. The molecule has 0 saturated heterocycles. The lowest BCUT2D eigenvalue weighted by atomic mass is 10.0. The van der Waals surface area contributed by atoms with Crippen LogP contribution in [0.1, 0.15) is 50.4 Å². The Morgan fingerprint density at radius 1 is 1.32 bits per heavy atom. The molecule has 3 rings (SSSR count). The molecule has 1 aromatic heterocycles. The first kappa shape index (κ1) is 17.6. The lowest BCUT2D eigenvalue weighted by Gasteiger charge is -2.29. The van der Waals surface area contributed by atoms with E-state index in [4.69, 9.17) is 0 Å². The molecule has 2 atom stereocenters. The molecule has 6 heteroatoms. The molecule has 0 bridgehead atoms. The summed E-state index contributed by atoms with van der Waals surface area (Å²) in [6.45, 7) is 6.78. The van der Waals surface area contributed by atoms with Crippen LogP contribution in [-0.4, -0.2) is 32.8 Å². The van der Waals surface area contributed by atoms with Crippen molar-refractivity contribution in [2.45, 2.75) is 64.7 Å². The topological polar surface area (TPSA) is 71.8 Å². The number of amides is 1. The van der Waals surface area contributed by atoms with Crippen LogP contribution in [0, 0.1) is 0 Å². The minimum Gasteiger partial charge on any atom is -0.352 e. The van der Waals surface area contributed by atoms with Gasteiger partial charge in [-0.2, -0.15) is 5.10 Å². The fraction of sp³-hybridized carbons (Fsp3) is 0.526. The second-order valence-corrected chi connectivity index (χ2v) is 6.89. The van der Waals surface area contributed by atoms with Gasteiger partial charge < -0.3 is 5.32 Å². The molecule has 0 fully saturated rings. The minimum atomic E-state index is -0.357. The van der Waals surface area contributed by atoms with Gasteiger partial charge in [0.25, 0.3) is 0 Å². The van der Waals surface area contributed by atoms with Crippen molar-refractivity contribution in [2.75, 3.05) is 0 Å². The molecule has 2 heterocycles. The number of nitrogens with one attached hydrogen (secondary N) is 2. The molecular formula is C19H27N5O. The van der Waals surface area contributed by atoms with Gasteiger partial charge in [-0.25, -0.2) is 9.67 Å². The highest BCUT2D eigenvalue weighted by molar-refractivity contribution is 5.83. The molecule has 0 saturated carbocycles. The highest BCUT2D eigenvalue weighted by atomic mass is 16.2. The van der Waals surface area contributed by atoms with Crippen molar-refractivity contribution in [2.24, 2.45) is 0 Å². The predicted molar refractivity (Wildman–Crippen MR) is 97.1 cm³/mol. The Morgan fingerprint density at radius 2 is 2.08 bits per heavy atom. The van der Waals surface area contributed by atoms with Crippen molar-refractivity contribution in [1.82, 2.24) is 25.4 Å². The Kier molecular flexibility index (Phi) is 5.48. The summed E-state index contributed by atoms with van der Waals surface area (Å²) >= 11 is 0. The maximum atomic E-state index is 12.7. The quantitative estimate of drug-likeness (QED) is 0.843. The Bertz CT molecular complexity index is 710. The third-order valence-electron chi connectivity index (χ3n) is 4.45. The Morgan fingerprint density at radius 3 is 2.76 bits per heavy atom. The van der Waals surface area contributed by atoms with Crippen molar-refractivity contribution < 1.29 is 4.79 Å². The summed E-state index contributed by atoms with van der Waals surface area (Å²) in [5.41, 5.74) is 0.985. The van der Waals surface area contributed by atoms with E-state index in [0.717, 1.165) is 43.0 Å². The van der Waals surface area contributed by atoms with Gasteiger partial charge in [-0.05, 0) is 25.8 Å². The third kappa shape index (κ3) is 4.25. The first-order valence-electron chi connectivity index (χ1n) is 9.10. The summed E-state index contributed by atoms with van der Waals surface area (Å²) in [6, 6.07) is 9.85. The first-order chi connectivity index (χ1) is 12.1. The highest BCUT2D eigenvalue weighted by Crippen LogP contribution is 2.19. The van der Waals surface area contributed by atoms with Crippen molar-refractivity contribution >= 4 is 5.91 Å². The van der Waals surface area contributed by atoms with Gasteiger partial charge in [0.1, 0.15) is 11.9 Å². The van der Waals surface area contributed by atoms with Crippen LogP contribution in [0.5, 0.6) is 0 Å². The van der Waals surface area contributed by atoms with E-state index in [0.29, 0.717) is 0 Å². The number of fused-ring (bicyclic) bond motifs is 1. The standard InChI is InChI=1S/C19H27N5O/c1-4-16-22-17-11-10-15(12-24(17)23-16)21-18(19(25)20-13(2)3)14-8-6-5-7-9-14/h5-9,13,15,18,21H,4,10-12H2,1-3H3,(H,20,25)/t15-,18-/m0/s1. The van der Waals surface area contributed by atoms with Gasteiger partial charge in [-0.1, -0.05) is 37.3 Å². The number of aromatic nitrogens is 3. The van der Waals surface area contributed by atoms with E-state index in [1.165, 1.54) is 0 Å². The molecule has 1 aliphatic heterocycles. The number of nitrogens with zero attached hydrogens (tertiary/aromatic N) is 3. The third-order valence-corrected chi connectivity index (χ3v) is 4.45. The number of rotatable bonds is 6. The van der Waals surface area contributed by atoms with E-state index in [9.17, 15) is 4.79 Å². The van der Waals surface area contributed by atoms with E-state index in [-0.39, 0.29) is 24.0 Å². The van der Waals surface area contributed by atoms with Crippen molar-refractivity contribution in [1.29, 1.82) is 0 Å². The van der Waals surface area contributed by atoms with Crippen LogP contribution < -0.4 is 10.6 Å². The normalized spacial score (nSPS) is 18.0. The van der Waals surface area contributed by atoms with Gasteiger partial charge in [0.15, 0.2) is 5.82 Å². The summed E-state index contributed by atoms with van der Waals surface area (Å²) in [4.78, 5) is 17.3. The highest BCUT2D eigenvalue weighted by Gasteiger charge is 2.27. The molecule has 2 N–H and O–H groups in total. The molecule has 1 aliphatic rings. The van der Waals surface area contributed by atoms with Gasteiger partial charge in [0, 0.05) is 24.9 Å². The van der Waals surface area contributed by atoms with Gasteiger partial charge >= 0.3 is 0 Å². The number of carbonyl (C=O) groups excluding carboxylic acids is 1. The van der Waals surface area contributed by atoms with Gasteiger partial charge in [-0.3, -0.25) is 10.1 Å². The van der Waals surface area contributed by atoms with E-state index < -0.39 is 0 Å². The van der Waals surface area contributed by atoms with E-state index in [1.807, 2.05) is 48.9 Å². The number of hydrogen-bond donors (Lipinski definition) is 2. The Labute approximate surface area is 149 Å². The summed E-state index contributed by atoms with van der Waals surface area (Å²) in [5.74, 6) is 1.96. The summed E-state index contributed by atoms with van der Waals surface area (Å²) in [7, 11) is 0. The SMILES string of the molecule is CCc1nc2n(n1)C[C@@H](N[C@H](C(=O)NC(C)C)c1ccccc1)CC2. The van der Waals surface area contributed by atoms with Gasteiger partial charge in [0.2, 0.25) is 5.91 Å². The van der Waals surface area contributed by atoms with E-state index >= 15 is 0 Å². The molecule has 6 nitrogen and oxygen atoms in total. The molecule has 25 heavy (non-hydrogen) atoms. The summed E-state index contributed by atoms with van der Waals surface area (Å²) < 4.78 is 1.99. The Hall–Kier alpha value is -2.21. The predicted octanol–water partition coefficient (Wildman–Crippen LogP) is 2.01. The molecule has 1 aromatic carbocycles. The Balaban J connectivity index is 1.75. The lowest BCUT2D eigenvalue weighted by Crippen LogP contribution is -2.47. The molecular weight excluding hydrogens is 314 g/mol. The fourth-order valence-electron chi connectivity index (χ4n) is 3.22. The molecule has 0 unspecified atom stereocenters. The van der Waals surface area contributed by atoms with Crippen LogP contribution in [0.3, 0.4) is 0 Å². The average Bonchev–Trinajstić information content (AvgIpc) is 3.02. The maximum Gasteiger partial charge on any atom is 0.241 e. The van der Waals surface area contributed by atoms with Gasteiger partial charge in [-0.15, -0.1) is 0 Å². The lowest BCUT2D eigenvalue weighted by molar-refractivity contribution is -0.124. The van der Waals surface area contributed by atoms with Gasteiger partial charge in [0.05, 0.1) is 6.54 Å². The largest absolute Gasteiger partial charge is 0.352 e. The number of carbonyl (C=O) groups is 1. The summed E-state index contributed by atoms with van der Waals surface area (Å²) in [5, 5.41) is 11.1. The second-order valence-electron chi connectivity index (χ2n) is 6.89. The van der Waals surface area contributed by atoms with Crippen LogP contribution in [0.4, 0.5) is 0 Å². The monoisotopic (exact) mass is 341 g/mol. The van der Waals surface area contributed by atoms with Crippen molar-refractivity contribution in [3.05, 3.63) is 47.5 Å². The molecule has 0 spiro atoms.